The van der Waals surface area contributed by atoms with Crippen molar-refractivity contribution < 1.29 is 5.11 Å². The Balaban J connectivity index is 1.22. The van der Waals surface area contributed by atoms with E-state index in [1.165, 1.54) is 11.1 Å². The molecule has 1 N–H and O–H groups in total. The number of rotatable bonds is 6. The fraction of sp³-hybridized carbons (Fsp3) is 0.391. The average molecular weight is 390 g/mol. The van der Waals surface area contributed by atoms with Crippen LogP contribution in [0.15, 0.2) is 67.3 Å². The molecule has 2 aromatic heterocycles. The first kappa shape index (κ1) is 18.5. The van der Waals surface area contributed by atoms with Crippen LogP contribution in [0.1, 0.15) is 11.1 Å². The third kappa shape index (κ3) is 3.71. The molecule has 6 heteroatoms. The van der Waals surface area contributed by atoms with Crippen molar-refractivity contribution in [3.63, 3.8) is 0 Å². The highest BCUT2D eigenvalue weighted by molar-refractivity contribution is 5.33. The number of likely N-dealkylation sites (tertiary alicyclic amines) is 2. The summed E-state index contributed by atoms with van der Waals surface area (Å²) in [6.07, 6.45) is 7.51. The van der Waals surface area contributed by atoms with Crippen LogP contribution in [-0.2, 0) is 13.1 Å². The van der Waals surface area contributed by atoms with Crippen LogP contribution >= 0.6 is 0 Å². The molecule has 2 aliphatic rings. The van der Waals surface area contributed by atoms with Crippen molar-refractivity contribution in [2.24, 2.45) is 11.3 Å². The van der Waals surface area contributed by atoms with E-state index in [-0.39, 0.29) is 12.0 Å². The van der Waals surface area contributed by atoms with Crippen molar-refractivity contribution in [3.8, 4) is 5.69 Å². The summed E-state index contributed by atoms with van der Waals surface area (Å²) >= 11 is 0. The zero-order chi connectivity index (χ0) is 19.7. The Morgan fingerprint density at radius 1 is 0.931 bits per heavy atom. The van der Waals surface area contributed by atoms with Crippen LogP contribution in [0.2, 0.25) is 0 Å². The Labute approximate surface area is 171 Å². The van der Waals surface area contributed by atoms with Crippen LogP contribution in [0, 0.1) is 11.3 Å². The lowest BCUT2D eigenvalue weighted by molar-refractivity contribution is 0.110. The fourth-order valence-electron chi connectivity index (χ4n) is 5.05. The lowest BCUT2D eigenvalue weighted by atomic mass is 9.82. The van der Waals surface area contributed by atoms with Gasteiger partial charge in [-0.05, 0) is 41.3 Å². The highest BCUT2D eigenvalue weighted by atomic mass is 16.3. The van der Waals surface area contributed by atoms with Crippen LogP contribution < -0.4 is 0 Å². The van der Waals surface area contributed by atoms with Crippen LogP contribution in [0.5, 0.6) is 0 Å². The van der Waals surface area contributed by atoms with Gasteiger partial charge in [0.2, 0.25) is 0 Å². The van der Waals surface area contributed by atoms with E-state index in [4.69, 9.17) is 0 Å². The first-order chi connectivity index (χ1) is 14.2. The zero-order valence-corrected chi connectivity index (χ0v) is 16.6. The van der Waals surface area contributed by atoms with Gasteiger partial charge in [-0.25, -0.2) is 4.68 Å². The molecule has 0 radical (unpaired) electrons. The first-order valence-electron chi connectivity index (χ1n) is 10.3. The minimum atomic E-state index is -0.00277. The van der Waals surface area contributed by atoms with Gasteiger partial charge in [-0.15, -0.1) is 0 Å². The van der Waals surface area contributed by atoms with Gasteiger partial charge in [0.15, 0.2) is 0 Å². The molecule has 0 spiro atoms. The molecule has 6 nitrogen and oxygen atoms in total. The normalized spacial score (nSPS) is 24.8. The number of aliphatic hydroxyl groups is 1. The van der Waals surface area contributed by atoms with Gasteiger partial charge >= 0.3 is 0 Å². The second-order valence-electron chi connectivity index (χ2n) is 8.54. The summed E-state index contributed by atoms with van der Waals surface area (Å²) in [5.41, 5.74) is 3.63. The highest BCUT2D eigenvalue weighted by Gasteiger charge is 2.51. The number of aromatic nitrogens is 3. The molecule has 1 aromatic carbocycles. The first-order valence-corrected chi connectivity index (χ1v) is 10.3. The maximum Gasteiger partial charge on any atom is 0.0645 e. The van der Waals surface area contributed by atoms with Crippen LogP contribution in [0.4, 0.5) is 0 Å². The number of hydrogen-bond donors (Lipinski definition) is 1. The lowest BCUT2D eigenvalue weighted by Gasteiger charge is -2.27. The molecule has 0 amide bonds. The molecular formula is C23H27N5O. The molecule has 4 heterocycles. The topological polar surface area (TPSA) is 57.4 Å². The molecule has 0 aliphatic carbocycles. The van der Waals surface area contributed by atoms with Crippen LogP contribution in [0.25, 0.3) is 5.69 Å². The Bertz CT molecular complexity index is 928. The molecule has 2 saturated heterocycles. The molecule has 150 valence electrons. The van der Waals surface area contributed by atoms with Crippen molar-refractivity contribution >= 4 is 0 Å². The van der Waals surface area contributed by atoms with E-state index in [0.717, 1.165) is 45.0 Å². The van der Waals surface area contributed by atoms with Gasteiger partial charge in [-0.3, -0.25) is 14.8 Å². The number of hydrogen-bond acceptors (Lipinski definition) is 5. The molecule has 2 atom stereocenters. The highest BCUT2D eigenvalue weighted by Crippen LogP contribution is 2.43. The van der Waals surface area contributed by atoms with E-state index < -0.39 is 0 Å². The van der Waals surface area contributed by atoms with E-state index in [2.05, 4.69) is 50.2 Å². The van der Waals surface area contributed by atoms with Crippen LogP contribution in [-0.4, -0.2) is 62.5 Å². The number of benzene rings is 1. The molecule has 0 bridgehead atoms. The summed E-state index contributed by atoms with van der Waals surface area (Å²) in [7, 11) is 0. The minimum absolute atomic E-state index is 0.00277. The van der Waals surface area contributed by atoms with E-state index in [0.29, 0.717) is 5.92 Å². The molecular weight excluding hydrogens is 362 g/mol. The molecule has 5 rings (SSSR count). The van der Waals surface area contributed by atoms with Gasteiger partial charge < -0.3 is 5.11 Å². The minimum Gasteiger partial charge on any atom is -0.396 e. The van der Waals surface area contributed by atoms with E-state index >= 15 is 0 Å². The monoisotopic (exact) mass is 389 g/mol. The summed E-state index contributed by atoms with van der Waals surface area (Å²) in [5, 5.41) is 14.5. The Kier molecular flexibility index (Phi) is 4.91. The van der Waals surface area contributed by atoms with Gasteiger partial charge in [-0.2, -0.15) is 5.10 Å². The molecule has 0 saturated carbocycles. The lowest BCUT2D eigenvalue weighted by Crippen LogP contribution is -2.36. The summed E-state index contributed by atoms with van der Waals surface area (Å²) in [6.45, 7) is 6.11. The van der Waals surface area contributed by atoms with Crippen molar-refractivity contribution in [2.75, 3.05) is 32.8 Å². The molecule has 2 aliphatic heterocycles. The molecule has 2 fully saturated rings. The largest absolute Gasteiger partial charge is 0.396 e. The fourth-order valence-corrected chi connectivity index (χ4v) is 5.05. The zero-order valence-electron chi connectivity index (χ0n) is 16.6. The van der Waals surface area contributed by atoms with Crippen molar-refractivity contribution in [3.05, 3.63) is 78.4 Å². The molecule has 3 aromatic rings. The summed E-state index contributed by atoms with van der Waals surface area (Å²) in [5.74, 6) is 0.521. The van der Waals surface area contributed by atoms with Crippen molar-refractivity contribution in [1.82, 2.24) is 24.6 Å². The van der Waals surface area contributed by atoms with Gasteiger partial charge in [-0.1, -0.05) is 18.2 Å². The van der Waals surface area contributed by atoms with E-state index in [1.54, 1.807) is 6.20 Å². The Morgan fingerprint density at radius 3 is 2.28 bits per heavy atom. The van der Waals surface area contributed by atoms with E-state index in [9.17, 15) is 5.11 Å². The number of fused-ring (bicyclic) bond motifs is 1. The SMILES string of the molecule is OCC12CN(Cc3ccc(-n4cccn4)cc3)CC1CN(Cc1cccnc1)C2. The third-order valence-corrected chi connectivity index (χ3v) is 6.46. The summed E-state index contributed by atoms with van der Waals surface area (Å²) in [6, 6.07) is 14.7. The predicted molar refractivity (Wildman–Crippen MR) is 111 cm³/mol. The van der Waals surface area contributed by atoms with Gasteiger partial charge in [0, 0.05) is 69.5 Å². The van der Waals surface area contributed by atoms with Gasteiger partial charge in [0.25, 0.3) is 0 Å². The summed E-state index contributed by atoms with van der Waals surface area (Å²) in [4.78, 5) is 9.21. The average Bonchev–Trinajstić information content (AvgIpc) is 3.45. The quantitative estimate of drug-likeness (QED) is 0.700. The van der Waals surface area contributed by atoms with Crippen LogP contribution in [0.3, 0.4) is 0 Å². The Morgan fingerprint density at radius 2 is 1.69 bits per heavy atom. The maximum absolute atomic E-state index is 10.3. The standard InChI is InChI=1S/C23H27N5O/c29-18-23-16-26(12-19-4-6-22(7-5-19)28-10-2-9-25-28)14-21(23)15-27(17-23)13-20-3-1-8-24-11-20/h1-11,21,29H,12-18H2. The Hall–Kier alpha value is -2.54. The maximum atomic E-state index is 10.3. The van der Waals surface area contributed by atoms with Gasteiger partial charge in [0.1, 0.15) is 0 Å². The third-order valence-electron chi connectivity index (χ3n) is 6.46. The smallest absolute Gasteiger partial charge is 0.0645 e. The predicted octanol–water partition coefficient (Wildman–Crippen LogP) is 2.19. The number of aliphatic hydroxyl groups excluding tert-OH is 1. The number of nitrogens with zero attached hydrogens (tertiary/aromatic N) is 5. The second-order valence-corrected chi connectivity index (χ2v) is 8.54. The number of pyridine rings is 1. The van der Waals surface area contributed by atoms with Crippen molar-refractivity contribution in [1.29, 1.82) is 0 Å². The van der Waals surface area contributed by atoms with Crippen molar-refractivity contribution in [2.45, 2.75) is 13.1 Å². The second kappa shape index (κ2) is 7.71. The van der Waals surface area contributed by atoms with E-state index in [1.807, 2.05) is 35.4 Å². The molecule has 2 unspecified atom stereocenters. The molecule has 29 heavy (non-hydrogen) atoms. The van der Waals surface area contributed by atoms with Gasteiger partial charge in [0.05, 0.1) is 12.3 Å². The summed E-state index contributed by atoms with van der Waals surface area (Å²) < 4.78 is 1.88.